The van der Waals surface area contributed by atoms with Gasteiger partial charge in [-0.2, -0.15) is 0 Å². The number of esters is 3. The molecule has 254 valence electrons. The van der Waals surface area contributed by atoms with Crippen LogP contribution < -0.4 is 0 Å². The van der Waals surface area contributed by atoms with Crippen LogP contribution in [-0.2, 0) is 42.9 Å². The van der Waals surface area contributed by atoms with Crippen molar-refractivity contribution in [1.29, 1.82) is 0 Å². The van der Waals surface area contributed by atoms with Crippen molar-refractivity contribution in [1.82, 2.24) is 0 Å². The lowest BCUT2D eigenvalue weighted by Gasteiger charge is -2.67. The molecule has 4 unspecified atom stereocenters. The van der Waals surface area contributed by atoms with Gasteiger partial charge < -0.3 is 44.1 Å². The average Bonchev–Trinajstić information content (AvgIpc) is 3.85. The van der Waals surface area contributed by atoms with E-state index in [1.165, 1.54) is 20.8 Å². The van der Waals surface area contributed by atoms with Crippen molar-refractivity contribution in [3.63, 3.8) is 0 Å². The summed E-state index contributed by atoms with van der Waals surface area (Å²) in [7, 11) is 0. The molecule has 5 aliphatic carbocycles. The molecule has 0 amide bonds. The van der Waals surface area contributed by atoms with Gasteiger partial charge in [0.1, 0.15) is 36.1 Å². The molecular formula is C33H44O13. The molecule has 13 nitrogen and oxygen atoms in total. The number of epoxide rings is 2. The summed E-state index contributed by atoms with van der Waals surface area (Å²) in [4.78, 5) is 52.9. The van der Waals surface area contributed by atoms with Crippen LogP contribution in [0.2, 0.25) is 0 Å². The summed E-state index contributed by atoms with van der Waals surface area (Å²) in [5.74, 6) is -9.51. The van der Waals surface area contributed by atoms with E-state index in [-0.39, 0.29) is 12.3 Å². The third-order valence-corrected chi connectivity index (χ3v) is 15.0. The number of aliphatic hydroxyl groups excluding tert-OH is 2. The van der Waals surface area contributed by atoms with Gasteiger partial charge in [-0.15, -0.1) is 0 Å². The van der Waals surface area contributed by atoms with E-state index < -0.39 is 135 Å². The fraction of sp³-hybridized carbons (Fsp3) is 0.879. The molecule has 5 saturated carbocycles. The second kappa shape index (κ2) is 8.52. The SMILES string of the molecule is CC(=O)O[C@H]1C(C)C2C(C(O)C(=O)[C@@]3(O)C[C@@H]4O[C@@H]4[C@H](OC(C)=O)[C@]23C)[C@@H]2[C@@H](O)[C@@H]3[C@H]([C@H](C)[C@H]4O[C@]45OC(=O)[C@@](C)(O)[C@]35C)[C@]21C. The molecule has 8 fully saturated rings. The number of carbonyl (C=O) groups excluding carboxylic acids is 4. The van der Waals surface area contributed by atoms with Crippen LogP contribution in [-0.4, -0.2) is 104 Å². The molecule has 0 bridgehead atoms. The summed E-state index contributed by atoms with van der Waals surface area (Å²) < 4.78 is 29.8. The van der Waals surface area contributed by atoms with E-state index in [2.05, 4.69) is 0 Å². The lowest BCUT2D eigenvalue weighted by molar-refractivity contribution is -0.282. The number of fused-ring (bicyclic) bond motifs is 9. The van der Waals surface area contributed by atoms with Crippen molar-refractivity contribution >= 4 is 23.7 Å². The summed E-state index contributed by atoms with van der Waals surface area (Å²) in [5.41, 5.74) is -8.29. The zero-order valence-electron chi connectivity index (χ0n) is 27.3. The van der Waals surface area contributed by atoms with Gasteiger partial charge in [0.15, 0.2) is 11.4 Å². The van der Waals surface area contributed by atoms with Gasteiger partial charge in [0.05, 0.1) is 17.6 Å². The van der Waals surface area contributed by atoms with Gasteiger partial charge in [0.2, 0.25) is 5.79 Å². The topological polar surface area (TPSA) is 202 Å². The summed E-state index contributed by atoms with van der Waals surface area (Å²) >= 11 is 0. The third-order valence-electron chi connectivity index (χ3n) is 15.0. The van der Waals surface area contributed by atoms with Crippen molar-refractivity contribution in [2.75, 3.05) is 0 Å². The van der Waals surface area contributed by atoms with Gasteiger partial charge in [0.25, 0.3) is 0 Å². The molecule has 0 radical (unpaired) electrons. The third kappa shape index (κ3) is 2.95. The van der Waals surface area contributed by atoms with E-state index in [1.54, 1.807) is 13.8 Å². The smallest absolute Gasteiger partial charge is 0.341 e. The lowest BCUT2D eigenvalue weighted by Crippen LogP contribution is -2.78. The molecule has 3 saturated heterocycles. The van der Waals surface area contributed by atoms with Crippen molar-refractivity contribution in [2.24, 2.45) is 57.7 Å². The fourth-order valence-corrected chi connectivity index (χ4v) is 13.2. The van der Waals surface area contributed by atoms with E-state index in [9.17, 15) is 39.6 Å². The van der Waals surface area contributed by atoms with Crippen LogP contribution in [0.1, 0.15) is 61.8 Å². The Labute approximate surface area is 266 Å². The Balaban J connectivity index is 1.36. The van der Waals surface area contributed by atoms with Crippen LogP contribution in [0.3, 0.4) is 0 Å². The van der Waals surface area contributed by atoms with Crippen molar-refractivity contribution in [3.8, 4) is 0 Å². The number of carbonyl (C=O) groups is 4. The fourth-order valence-electron chi connectivity index (χ4n) is 13.2. The van der Waals surface area contributed by atoms with Crippen LogP contribution in [0.4, 0.5) is 0 Å². The Morgan fingerprint density at radius 3 is 2.09 bits per heavy atom. The molecule has 1 spiro atoms. The maximum absolute atomic E-state index is 14.3. The van der Waals surface area contributed by atoms with Gasteiger partial charge in [-0.05, 0) is 37.5 Å². The number of hydrogen-bond acceptors (Lipinski definition) is 13. The Morgan fingerprint density at radius 2 is 1.48 bits per heavy atom. The summed E-state index contributed by atoms with van der Waals surface area (Å²) in [6.07, 6.45) is -6.91. The second-order valence-electron chi connectivity index (χ2n) is 16.5. The van der Waals surface area contributed by atoms with E-state index in [0.29, 0.717) is 0 Å². The number of ketones is 1. The van der Waals surface area contributed by atoms with E-state index in [0.717, 1.165) is 0 Å². The molecule has 0 aromatic rings. The van der Waals surface area contributed by atoms with Crippen molar-refractivity contribution in [2.45, 2.75) is 122 Å². The van der Waals surface area contributed by atoms with Gasteiger partial charge in [-0.3, -0.25) is 14.4 Å². The second-order valence-corrected chi connectivity index (χ2v) is 16.5. The molecule has 20 atom stereocenters. The highest BCUT2D eigenvalue weighted by molar-refractivity contribution is 5.94. The first-order valence-corrected chi connectivity index (χ1v) is 16.5. The first kappa shape index (κ1) is 31.1. The minimum absolute atomic E-state index is 0.106. The van der Waals surface area contributed by atoms with Crippen LogP contribution in [0.15, 0.2) is 0 Å². The van der Waals surface area contributed by atoms with Gasteiger partial charge >= 0.3 is 17.9 Å². The normalized spacial score (nSPS) is 63.5. The quantitative estimate of drug-likeness (QED) is 0.175. The lowest BCUT2D eigenvalue weighted by atomic mass is 9.38. The summed E-state index contributed by atoms with van der Waals surface area (Å²) in [5, 5.41) is 48.9. The highest BCUT2D eigenvalue weighted by Crippen LogP contribution is 2.81. The first-order valence-electron chi connectivity index (χ1n) is 16.5. The molecule has 46 heavy (non-hydrogen) atoms. The van der Waals surface area contributed by atoms with E-state index in [1.807, 2.05) is 20.8 Å². The largest absolute Gasteiger partial charge is 0.462 e. The van der Waals surface area contributed by atoms with E-state index in [4.69, 9.17) is 23.7 Å². The van der Waals surface area contributed by atoms with Crippen LogP contribution in [0.25, 0.3) is 0 Å². The van der Waals surface area contributed by atoms with Gasteiger partial charge in [-0.25, -0.2) is 4.79 Å². The summed E-state index contributed by atoms with van der Waals surface area (Å²) in [6, 6.07) is 0. The predicted molar refractivity (Wildman–Crippen MR) is 151 cm³/mol. The van der Waals surface area contributed by atoms with Crippen molar-refractivity contribution in [3.05, 3.63) is 0 Å². The van der Waals surface area contributed by atoms with E-state index >= 15 is 0 Å². The molecule has 8 aliphatic rings. The predicted octanol–water partition coefficient (Wildman–Crippen LogP) is -0.128. The molecule has 4 N–H and O–H groups in total. The van der Waals surface area contributed by atoms with Crippen LogP contribution >= 0.6 is 0 Å². The highest BCUT2D eigenvalue weighted by atomic mass is 16.8. The first-order chi connectivity index (χ1) is 21.2. The van der Waals surface area contributed by atoms with Gasteiger partial charge in [-0.1, -0.05) is 27.7 Å². The molecule has 3 heterocycles. The summed E-state index contributed by atoms with van der Waals surface area (Å²) in [6.45, 7) is 12.9. The molecular weight excluding hydrogens is 604 g/mol. The van der Waals surface area contributed by atoms with Gasteiger partial charge in [0, 0.05) is 48.9 Å². The molecule has 8 rings (SSSR count). The number of aliphatic hydroxyl groups is 4. The zero-order valence-corrected chi connectivity index (χ0v) is 27.3. The Kier molecular flexibility index (Phi) is 5.76. The van der Waals surface area contributed by atoms with Crippen LogP contribution in [0, 0.1) is 57.7 Å². The van der Waals surface area contributed by atoms with Crippen molar-refractivity contribution < 1.29 is 63.3 Å². The Bertz CT molecular complexity index is 1480. The number of Topliss-reactive ketones (excluding diaryl/α,β-unsaturated/α-hetero) is 1. The highest BCUT2D eigenvalue weighted by Gasteiger charge is 2.93. The monoisotopic (exact) mass is 648 g/mol. The molecule has 0 aromatic carbocycles. The maximum Gasteiger partial charge on any atom is 0.341 e. The minimum atomic E-state index is -2.15. The molecule has 3 aliphatic heterocycles. The molecule has 13 heteroatoms. The number of hydrogen-bond donors (Lipinski definition) is 4. The molecule has 0 aromatic heterocycles. The maximum atomic E-state index is 14.3. The van der Waals surface area contributed by atoms with Crippen LogP contribution in [0.5, 0.6) is 0 Å². The standard InChI is InChI=1S/C33H44O13/c1-10-16-15(20(36)23(38)32(41)9-14-22(44-14)26(29(16,32)6)43-13(4)35)18-21(37)19-17(28(18,5)24(10)42-12(3)34)11(2)25-33(45-25)30(19,7)31(8,40)27(39)46-33/h10-11,14-22,24-26,36-37,40-41H,9H2,1-8H3/t10?,11-,14-,15?,16?,17-,18+,19-,20?,21+,22-,24-,25+,26-,28+,29-,30-,31+,32-,33-/m0/s1. The zero-order chi connectivity index (χ0) is 33.6. The number of ether oxygens (including phenoxy) is 5. The number of rotatable bonds is 2. The average molecular weight is 649 g/mol. The Morgan fingerprint density at radius 1 is 0.870 bits per heavy atom. The minimum Gasteiger partial charge on any atom is -0.462 e. The Hall–Kier alpha value is -2.16.